The maximum absolute atomic E-state index is 11.7. The van der Waals surface area contributed by atoms with Crippen LogP contribution in [0.1, 0.15) is 17.3 Å². The third kappa shape index (κ3) is 3.14. The monoisotopic (exact) mass is 371 g/mol. The van der Waals surface area contributed by atoms with Crippen molar-refractivity contribution in [2.45, 2.75) is 6.92 Å². The Labute approximate surface area is 161 Å². The molecule has 0 aliphatic carbocycles. The van der Waals surface area contributed by atoms with Crippen molar-refractivity contribution in [1.82, 2.24) is 4.57 Å². The number of hydrogen-bond donors (Lipinski definition) is 1. The molecule has 0 spiro atoms. The summed E-state index contributed by atoms with van der Waals surface area (Å²) in [5.74, 6) is -1.69. The molecule has 28 heavy (non-hydrogen) atoms. The molecule has 1 aromatic heterocycles. The zero-order valence-electron chi connectivity index (χ0n) is 15.1. The van der Waals surface area contributed by atoms with Crippen molar-refractivity contribution in [3.8, 4) is 22.7 Å². The quantitative estimate of drug-likeness (QED) is 0.408. The van der Waals surface area contributed by atoms with Gasteiger partial charge in [-0.15, -0.1) is 0 Å². The lowest BCUT2D eigenvalue weighted by Crippen LogP contribution is -2.08. The van der Waals surface area contributed by atoms with Gasteiger partial charge in [0.05, 0.1) is 11.2 Å². The van der Waals surface area contributed by atoms with Crippen LogP contribution in [0.3, 0.4) is 0 Å². The van der Waals surface area contributed by atoms with E-state index in [1.54, 1.807) is 6.07 Å². The van der Waals surface area contributed by atoms with Crippen LogP contribution in [0.5, 0.6) is 5.75 Å². The van der Waals surface area contributed by atoms with Crippen LogP contribution >= 0.6 is 0 Å². The van der Waals surface area contributed by atoms with Crippen LogP contribution < -0.4 is 4.74 Å². The summed E-state index contributed by atoms with van der Waals surface area (Å²) in [6.45, 7) is 1.24. The molecule has 1 heterocycles. The zero-order chi connectivity index (χ0) is 19.7. The average molecular weight is 371 g/mol. The number of aromatic nitrogens is 1. The van der Waals surface area contributed by atoms with E-state index >= 15 is 0 Å². The van der Waals surface area contributed by atoms with Gasteiger partial charge >= 0.3 is 11.9 Å². The van der Waals surface area contributed by atoms with E-state index in [2.05, 4.69) is 6.07 Å². The first-order valence-electron chi connectivity index (χ1n) is 8.76. The van der Waals surface area contributed by atoms with Gasteiger partial charge in [0.15, 0.2) is 0 Å². The normalized spacial score (nSPS) is 10.8. The van der Waals surface area contributed by atoms with Gasteiger partial charge in [0, 0.05) is 18.0 Å². The van der Waals surface area contributed by atoms with Gasteiger partial charge in [-0.2, -0.15) is 0 Å². The highest BCUT2D eigenvalue weighted by Crippen LogP contribution is 2.33. The average Bonchev–Trinajstić information content (AvgIpc) is 3.08. The highest BCUT2D eigenvalue weighted by molar-refractivity contribution is 5.94. The number of carbonyl (C=O) groups excluding carboxylic acids is 1. The number of nitrogens with zero attached hydrogens (tertiary/aromatic N) is 1. The van der Waals surface area contributed by atoms with Gasteiger partial charge in [0.2, 0.25) is 0 Å². The van der Waals surface area contributed by atoms with E-state index in [9.17, 15) is 14.7 Å². The molecule has 0 aliphatic heterocycles. The molecule has 5 heteroatoms. The van der Waals surface area contributed by atoms with E-state index in [4.69, 9.17) is 4.74 Å². The molecule has 0 fully saturated rings. The summed E-state index contributed by atoms with van der Waals surface area (Å²) in [6.07, 6.45) is 0. The second-order valence-corrected chi connectivity index (χ2v) is 6.37. The minimum absolute atomic E-state index is 0.0291. The maximum Gasteiger partial charge on any atom is 0.339 e. The molecule has 0 unspecified atom stereocenters. The molecule has 0 saturated carbocycles. The van der Waals surface area contributed by atoms with Crippen molar-refractivity contribution in [3.05, 3.63) is 84.4 Å². The third-order valence-electron chi connectivity index (χ3n) is 4.49. The lowest BCUT2D eigenvalue weighted by Gasteiger charge is -2.14. The van der Waals surface area contributed by atoms with Crippen LogP contribution in [0.25, 0.3) is 27.8 Å². The molecule has 0 radical (unpaired) electrons. The topological polar surface area (TPSA) is 68.5 Å². The maximum atomic E-state index is 11.7. The first-order valence-corrected chi connectivity index (χ1v) is 8.76. The van der Waals surface area contributed by atoms with Crippen LogP contribution in [0, 0.1) is 0 Å². The minimum Gasteiger partial charge on any atom is -0.478 e. The van der Waals surface area contributed by atoms with Crippen molar-refractivity contribution in [2.75, 3.05) is 0 Å². The number of aromatic carboxylic acids is 1. The van der Waals surface area contributed by atoms with Gasteiger partial charge in [0.25, 0.3) is 0 Å². The van der Waals surface area contributed by atoms with Crippen molar-refractivity contribution in [2.24, 2.45) is 0 Å². The number of ether oxygens (including phenoxy) is 1. The number of rotatable bonds is 4. The third-order valence-corrected chi connectivity index (χ3v) is 4.49. The second kappa shape index (κ2) is 7.04. The Bertz CT molecular complexity index is 1190. The highest BCUT2D eigenvalue weighted by Gasteiger charge is 2.18. The van der Waals surface area contributed by atoms with E-state index in [-0.39, 0.29) is 11.3 Å². The first-order chi connectivity index (χ1) is 13.5. The number of carboxylic acids is 1. The first kappa shape index (κ1) is 17.5. The van der Waals surface area contributed by atoms with Gasteiger partial charge in [0.1, 0.15) is 11.3 Å². The number of benzene rings is 3. The molecular weight excluding hydrogens is 354 g/mol. The molecule has 0 saturated heterocycles. The number of carbonyl (C=O) groups is 2. The SMILES string of the molecule is CC(=O)Oc1ccc(-n2c(-c3ccccc3)cc3ccccc32)cc1C(=O)O. The molecule has 4 aromatic rings. The predicted molar refractivity (Wildman–Crippen MR) is 107 cm³/mol. The highest BCUT2D eigenvalue weighted by atomic mass is 16.5. The Morgan fingerprint density at radius 3 is 2.32 bits per heavy atom. The molecule has 5 nitrogen and oxygen atoms in total. The van der Waals surface area contributed by atoms with Crippen molar-refractivity contribution >= 4 is 22.8 Å². The summed E-state index contributed by atoms with van der Waals surface area (Å²) in [7, 11) is 0. The van der Waals surface area contributed by atoms with E-state index < -0.39 is 11.9 Å². The zero-order valence-corrected chi connectivity index (χ0v) is 15.1. The molecule has 1 N–H and O–H groups in total. The van der Waals surface area contributed by atoms with Crippen LogP contribution in [-0.2, 0) is 4.79 Å². The van der Waals surface area contributed by atoms with E-state index in [1.165, 1.54) is 19.1 Å². The fraction of sp³-hybridized carbons (Fsp3) is 0.0435. The van der Waals surface area contributed by atoms with Gasteiger partial charge in [-0.25, -0.2) is 4.79 Å². The van der Waals surface area contributed by atoms with Crippen molar-refractivity contribution < 1.29 is 19.4 Å². The number of para-hydroxylation sites is 1. The second-order valence-electron chi connectivity index (χ2n) is 6.37. The smallest absolute Gasteiger partial charge is 0.339 e. The largest absolute Gasteiger partial charge is 0.478 e. The lowest BCUT2D eigenvalue weighted by atomic mass is 10.1. The summed E-state index contributed by atoms with van der Waals surface area (Å²) in [4.78, 5) is 23.0. The molecule has 138 valence electrons. The molecule has 0 amide bonds. The minimum atomic E-state index is -1.16. The predicted octanol–water partition coefficient (Wildman–Crippen LogP) is 4.92. The van der Waals surface area contributed by atoms with Gasteiger partial charge < -0.3 is 14.4 Å². The molecule has 3 aromatic carbocycles. The molecule has 0 bridgehead atoms. The van der Waals surface area contributed by atoms with Crippen molar-refractivity contribution in [3.63, 3.8) is 0 Å². The Kier molecular flexibility index (Phi) is 4.41. The Morgan fingerprint density at radius 1 is 0.893 bits per heavy atom. The summed E-state index contributed by atoms with van der Waals surface area (Å²) in [5.41, 5.74) is 3.52. The van der Waals surface area contributed by atoms with E-state index in [0.717, 1.165) is 22.2 Å². The van der Waals surface area contributed by atoms with Gasteiger partial charge in [-0.3, -0.25) is 4.79 Å². The molecule has 0 aliphatic rings. The van der Waals surface area contributed by atoms with Gasteiger partial charge in [-0.1, -0.05) is 48.5 Å². The standard InChI is InChI=1S/C23H17NO4/c1-15(25)28-22-12-11-18(14-19(22)23(26)27)24-20-10-6-5-9-17(20)13-21(24)16-7-3-2-4-8-16/h2-14H,1H3,(H,26,27). The van der Waals surface area contributed by atoms with Crippen LogP contribution in [0.15, 0.2) is 78.9 Å². The fourth-order valence-electron chi connectivity index (χ4n) is 3.32. The lowest BCUT2D eigenvalue weighted by molar-refractivity contribution is -0.131. The van der Waals surface area contributed by atoms with Gasteiger partial charge in [-0.05, 0) is 35.9 Å². The summed E-state index contributed by atoms with van der Waals surface area (Å²) < 4.78 is 7.06. The van der Waals surface area contributed by atoms with E-state index in [1.807, 2.05) is 59.2 Å². The van der Waals surface area contributed by atoms with Crippen LogP contribution in [0.4, 0.5) is 0 Å². The Morgan fingerprint density at radius 2 is 1.61 bits per heavy atom. The molecule has 4 rings (SSSR count). The Balaban J connectivity index is 1.97. The number of hydrogen-bond acceptors (Lipinski definition) is 3. The van der Waals surface area contributed by atoms with Crippen molar-refractivity contribution in [1.29, 1.82) is 0 Å². The summed E-state index contributed by atoms with van der Waals surface area (Å²) >= 11 is 0. The molecule has 0 atom stereocenters. The summed E-state index contributed by atoms with van der Waals surface area (Å²) in [6, 6.07) is 24.7. The van der Waals surface area contributed by atoms with Crippen LogP contribution in [0.2, 0.25) is 0 Å². The fourth-order valence-corrected chi connectivity index (χ4v) is 3.32. The van der Waals surface area contributed by atoms with Crippen LogP contribution in [-0.4, -0.2) is 21.6 Å². The molecular formula is C23H17NO4. The summed E-state index contributed by atoms with van der Waals surface area (Å²) in [5, 5.41) is 10.6. The number of esters is 1. The number of fused-ring (bicyclic) bond motifs is 1. The number of carboxylic acid groups (broad SMARTS) is 1. The Hall–Kier alpha value is -3.86. The van der Waals surface area contributed by atoms with E-state index in [0.29, 0.717) is 5.69 Å².